The molecule has 110 valence electrons. The Morgan fingerprint density at radius 3 is 2.36 bits per heavy atom. The van der Waals surface area contributed by atoms with Crippen molar-refractivity contribution >= 4 is 5.69 Å². The number of fused-ring (bicyclic) bond motifs is 1. The molecule has 22 heavy (non-hydrogen) atoms. The van der Waals surface area contributed by atoms with Crippen LogP contribution in [0.5, 0.6) is 0 Å². The Kier molecular flexibility index (Phi) is 3.39. The van der Waals surface area contributed by atoms with Crippen LogP contribution in [0.1, 0.15) is 28.3 Å². The van der Waals surface area contributed by atoms with Crippen molar-refractivity contribution in [2.75, 3.05) is 5.32 Å². The van der Waals surface area contributed by atoms with Gasteiger partial charge in [-0.1, -0.05) is 59.8 Å². The van der Waals surface area contributed by atoms with Crippen molar-refractivity contribution in [2.24, 2.45) is 0 Å². The molecular weight excluding hydrogens is 272 g/mol. The molecule has 0 saturated carbocycles. The highest BCUT2D eigenvalue weighted by Gasteiger charge is 2.27. The number of benzene rings is 2. The van der Waals surface area contributed by atoms with Crippen LogP contribution in [0.4, 0.5) is 5.69 Å². The molecule has 1 aromatic heterocycles. The van der Waals surface area contributed by atoms with Gasteiger partial charge in [0.15, 0.2) is 0 Å². The van der Waals surface area contributed by atoms with Crippen molar-refractivity contribution in [3.8, 4) is 0 Å². The largest absolute Gasteiger partial charge is 0.377 e. The molecule has 1 aliphatic carbocycles. The van der Waals surface area contributed by atoms with Crippen LogP contribution in [0.25, 0.3) is 0 Å². The van der Waals surface area contributed by atoms with E-state index in [2.05, 4.69) is 59.0 Å². The summed E-state index contributed by atoms with van der Waals surface area (Å²) in [6.07, 6.45) is 3.81. The molecule has 3 heteroatoms. The van der Waals surface area contributed by atoms with Crippen LogP contribution in [0, 0.1) is 0 Å². The fraction of sp³-hybridized carbons (Fsp3) is 0.211. The van der Waals surface area contributed by atoms with Crippen molar-refractivity contribution in [2.45, 2.75) is 25.3 Å². The lowest BCUT2D eigenvalue weighted by molar-refractivity contribution is 0.405. The molecule has 0 unspecified atom stereocenters. The maximum atomic E-state index is 5.23. The summed E-state index contributed by atoms with van der Waals surface area (Å²) >= 11 is 0. The first kappa shape index (κ1) is 13.1. The smallest absolute Gasteiger partial charge is 0.147 e. The highest BCUT2D eigenvalue weighted by Crippen LogP contribution is 2.36. The molecule has 0 spiro atoms. The van der Waals surface area contributed by atoms with Gasteiger partial charge in [-0.2, -0.15) is 0 Å². The third-order valence-corrected chi connectivity index (χ3v) is 4.36. The van der Waals surface area contributed by atoms with Crippen LogP contribution >= 0.6 is 0 Å². The van der Waals surface area contributed by atoms with Crippen LogP contribution in [-0.2, 0) is 19.4 Å². The highest BCUT2D eigenvalue weighted by molar-refractivity contribution is 5.50. The van der Waals surface area contributed by atoms with Gasteiger partial charge in [0.05, 0.1) is 5.69 Å². The molecule has 0 radical (unpaired) electrons. The lowest BCUT2D eigenvalue weighted by Crippen LogP contribution is -2.05. The van der Waals surface area contributed by atoms with Crippen molar-refractivity contribution in [3.63, 3.8) is 0 Å². The lowest BCUT2D eigenvalue weighted by Gasteiger charge is -2.09. The maximum Gasteiger partial charge on any atom is 0.147 e. The molecule has 0 saturated heterocycles. The molecule has 0 amide bonds. The Labute approximate surface area is 130 Å². The van der Waals surface area contributed by atoms with Gasteiger partial charge in [-0.15, -0.1) is 0 Å². The summed E-state index contributed by atoms with van der Waals surface area (Å²) in [4.78, 5) is 0. The Morgan fingerprint density at radius 2 is 1.64 bits per heavy atom. The summed E-state index contributed by atoms with van der Waals surface area (Å²) in [6.45, 7) is 0.786. The summed E-state index contributed by atoms with van der Waals surface area (Å²) < 4.78 is 5.23. The molecule has 1 N–H and O–H groups in total. The number of hydrogen-bond donors (Lipinski definition) is 1. The van der Waals surface area contributed by atoms with Crippen LogP contribution < -0.4 is 5.32 Å². The number of nitrogens with zero attached hydrogens (tertiary/aromatic N) is 1. The van der Waals surface area contributed by atoms with E-state index >= 15 is 0 Å². The van der Waals surface area contributed by atoms with Crippen molar-refractivity contribution in [3.05, 3.63) is 83.2 Å². The molecule has 3 aromatic rings. The van der Waals surface area contributed by atoms with Gasteiger partial charge >= 0.3 is 0 Å². The molecule has 0 bridgehead atoms. The fourth-order valence-electron chi connectivity index (χ4n) is 3.22. The van der Waals surface area contributed by atoms with Gasteiger partial charge in [-0.3, -0.25) is 0 Å². The van der Waals surface area contributed by atoms with Gasteiger partial charge in [-0.25, -0.2) is 0 Å². The molecule has 0 atom stereocenters. The van der Waals surface area contributed by atoms with E-state index < -0.39 is 0 Å². The second-order valence-electron chi connectivity index (χ2n) is 5.83. The first-order chi connectivity index (χ1) is 10.9. The van der Waals surface area contributed by atoms with E-state index in [4.69, 9.17) is 4.52 Å². The van der Waals surface area contributed by atoms with E-state index in [-0.39, 0.29) is 0 Å². The number of anilines is 1. The Hall–Kier alpha value is -2.55. The minimum absolute atomic E-state index is 0.412. The van der Waals surface area contributed by atoms with Crippen molar-refractivity contribution in [1.29, 1.82) is 0 Å². The number of hydrogen-bond acceptors (Lipinski definition) is 3. The summed E-state index contributed by atoms with van der Waals surface area (Å²) in [5, 5.41) is 7.71. The van der Waals surface area contributed by atoms with E-state index in [9.17, 15) is 0 Å². The second-order valence-corrected chi connectivity index (χ2v) is 5.83. The maximum absolute atomic E-state index is 5.23. The van der Waals surface area contributed by atoms with Crippen molar-refractivity contribution < 1.29 is 4.52 Å². The van der Waals surface area contributed by atoms with Crippen LogP contribution in [0.2, 0.25) is 0 Å². The average Bonchev–Trinajstić information content (AvgIpc) is 3.20. The summed E-state index contributed by atoms with van der Waals surface area (Å²) in [5.74, 6) is 0.412. The van der Waals surface area contributed by atoms with E-state index in [0.717, 1.165) is 30.8 Å². The van der Waals surface area contributed by atoms with Gasteiger partial charge < -0.3 is 9.84 Å². The monoisotopic (exact) mass is 290 g/mol. The first-order valence-corrected chi connectivity index (χ1v) is 7.69. The zero-order chi connectivity index (χ0) is 14.8. The third kappa shape index (κ3) is 2.50. The molecule has 1 heterocycles. The van der Waals surface area contributed by atoms with Crippen LogP contribution in [0.3, 0.4) is 0 Å². The molecule has 4 rings (SSSR count). The lowest BCUT2D eigenvalue weighted by atomic mass is 10.0. The summed E-state index contributed by atoms with van der Waals surface area (Å²) in [6, 6.07) is 19.0. The Morgan fingerprint density at radius 1 is 0.955 bits per heavy atom. The van der Waals surface area contributed by atoms with Gasteiger partial charge in [0.25, 0.3) is 0 Å². The van der Waals surface area contributed by atoms with Gasteiger partial charge in [0, 0.05) is 12.5 Å². The number of rotatable bonds is 4. The predicted molar refractivity (Wildman–Crippen MR) is 86.9 cm³/mol. The Bertz CT molecular complexity index is 739. The molecular formula is C19H18N2O. The van der Waals surface area contributed by atoms with E-state index in [1.54, 1.807) is 6.26 Å². The molecule has 1 aliphatic rings. The second kappa shape index (κ2) is 5.68. The van der Waals surface area contributed by atoms with Crippen LogP contribution in [-0.4, -0.2) is 5.16 Å². The minimum atomic E-state index is 0.412. The van der Waals surface area contributed by atoms with Gasteiger partial charge in [-0.05, 0) is 29.5 Å². The molecule has 2 aromatic carbocycles. The SMILES string of the molecule is c1ccc(CNc2conc2C2Cc3ccccc3C2)cc1. The zero-order valence-corrected chi connectivity index (χ0v) is 12.3. The predicted octanol–water partition coefficient (Wildman–Crippen LogP) is 4.17. The number of nitrogens with one attached hydrogen (secondary N) is 1. The molecule has 0 fully saturated rings. The third-order valence-electron chi connectivity index (χ3n) is 4.36. The zero-order valence-electron chi connectivity index (χ0n) is 12.3. The van der Waals surface area contributed by atoms with E-state index in [1.807, 2.05) is 6.07 Å². The topological polar surface area (TPSA) is 38.1 Å². The average molecular weight is 290 g/mol. The summed E-state index contributed by atoms with van der Waals surface area (Å²) in [5.41, 5.74) is 6.19. The summed E-state index contributed by atoms with van der Waals surface area (Å²) in [7, 11) is 0. The standard InChI is InChI=1S/C19H18N2O/c1-2-6-14(7-3-1)12-20-18-13-22-21-19(18)17-10-15-8-4-5-9-16(15)11-17/h1-9,13,17,20H,10-12H2. The van der Waals surface area contributed by atoms with Gasteiger partial charge in [0.1, 0.15) is 12.0 Å². The minimum Gasteiger partial charge on any atom is -0.377 e. The van der Waals surface area contributed by atoms with E-state index in [0.29, 0.717) is 5.92 Å². The number of aromatic nitrogens is 1. The quantitative estimate of drug-likeness (QED) is 0.783. The van der Waals surface area contributed by atoms with E-state index in [1.165, 1.54) is 16.7 Å². The first-order valence-electron chi connectivity index (χ1n) is 7.69. The molecule has 0 aliphatic heterocycles. The molecule has 3 nitrogen and oxygen atoms in total. The fourth-order valence-corrected chi connectivity index (χ4v) is 3.22. The van der Waals surface area contributed by atoms with Gasteiger partial charge in [0.2, 0.25) is 0 Å². The Balaban J connectivity index is 1.50. The normalized spacial score (nSPS) is 14.0. The van der Waals surface area contributed by atoms with Crippen LogP contribution in [0.15, 0.2) is 65.4 Å². The van der Waals surface area contributed by atoms with Crippen molar-refractivity contribution in [1.82, 2.24) is 5.16 Å². The highest BCUT2D eigenvalue weighted by atomic mass is 16.5.